The van der Waals surface area contributed by atoms with Gasteiger partial charge in [-0.05, 0) is 74.9 Å². The van der Waals surface area contributed by atoms with Crippen molar-refractivity contribution in [1.29, 1.82) is 0 Å². The van der Waals surface area contributed by atoms with Crippen molar-refractivity contribution < 1.29 is 67.1 Å². The van der Waals surface area contributed by atoms with Gasteiger partial charge >= 0.3 is 0 Å². The minimum absolute atomic E-state index is 0.139. The number of rotatable bonds is 16. The number of aliphatic hydroxyl groups excluding tert-OH is 2. The van der Waals surface area contributed by atoms with Gasteiger partial charge in [-0.15, -0.1) is 0 Å². The van der Waals surface area contributed by atoms with Crippen molar-refractivity contribution in [3.05, 3.63) is 0 Å². The monoisotopic (exact) mass is 706 g/mol. The molecule has 4 N–H and O–H groups in total. The van der Waals surface area contributed by atoms with Crippen LogP contribution in [-0.2, 0) is 56.8 Å². The van der Waals surface area contributed by atoms with Gasteiger partial charge in [-0.3, -0.25) is 0 Å². The fraction of sp³-hybridized carbons (Fsp3) is 1.00. The van der Waals surface area contributed by atoms with E-state index in [9.17, 15) is 10.2 Å². The lowest BCUT2D eigenvalue weighted by molar-refractivity contribution is -0.244. The molecule has 16 nitrogen and oxygen atoms in total. The summed E-state index contributed by atoms with van der Waals surface area (Å²) >= 11 is 0. The highest BCUT2D eigenvalue weighted by Gasteiger charge is 2.62. The molecule has 6 saturated heterocycles. The molecule has 6 rings (SSSR count). The smallest absolute Gasteiger partial charge is 0.190 e. The van der Waals surface area contributed by atoms with Crippen molar-refractivity contribution >= 4 is 0 Å². The molecule has 0 amide bonds. The predicted octanol–water partition coefficient (Wildman–Crippen LogP) is 0.104. The summed E-state index contributed by atoms with van der Waals surface area (Å²) in [6.07, 6.45) is -4.79. The molecule has 6 aliphatic heterocycles. The molecule has 0 aromatic rings. The minimum Gasteiger partial charge on any atom is -0.389 e. The average molecular weight is 707 g/mol. The van der Waals surface area contributed by atoms with Gasteiger partial charge in [0, 0.05) is 13.1 Å². The van der Waals surface area contributed by atoms with E-state index >= 15 is 0 Å². The maximum atomic E-state index is 10.4. The second kappa shape index (κ2) is 15.0. The highest BCUT2D eigenvalue weighted by molar-refractivity contribution is 5.01. The van der Waals surface area contributed by atoms with Gasteiger partial charge in [0.15, 0.2) is 35.7 Å². The summed E-state index contributed by atoms with van der Waals surface area (Å²) in [5.41, 5.74) is 0. The van der Waals surface area contributed by atoms with Gasteiger partial charge in [0.1, 0.15) is 48.8 Å². The summed E-state index contributed by atoms with van der Waals surface area (Å²) in [5, 5.41) is 27.3. The molecule has 0 saturated carbocycles. The molecular weight excluding hydrogens is 648 g/mol. The van der Waals surface area contributed by atoms with E-state index in [1.54, 1.807) is 0 Å². The Morgan fingerprint density at radius 1 is 0.510 bits per heavy atom. The minimum atomic E-state index is -0.782. The van der Waals surface area contributed by atoms with Gasteiger partial charge in [0.2, 0.25) is 0 Å². The quantitative estimate of drug-likeness (QED) is 0.159. The zero-order valence-corrected chi connectivity index (χ0v) is 30.1. The topological polar surface area (TPSA) is 175 Å². The van der Waals surface area contributed by atoms with E-state index in [4.69, 9.17) is 56.8 Å². The Kier molecular flexibility index (Phi) is 11.7. The van der Waals surface area contributed by atoms with Crippen LogP contribution in [0, 0.1) is 0 Å². The van der Waals surface area contributed by atoms with Crippen molar-refractivity contribution in [2.75, 3.05) is 52.6 Å². The first-order chi connectivity index (χ1) is 23.0. The van der Waals surface area contributed by atoms with Crippen LogP contribution in [0.5, 0.6) is 0 Å². The number of nitrogens with one attached hydrogen (secondary N) is 2. The molecule has 49 heavy (non-hydrogen) atoms. The highest BCUT2D eigenvalue weighted by Crippen LogP contribution is 2.45. The number of hydrogen-bond acceptors (Lipinski definition) is 16. The van der Waals surface area contributed by atoms with Crippen molar-refractivity contribution in [2.24, 2.45) is 0 Å². The zero-order chi connectivity index (χ0) is 35.2. The van der Waals surface area contributed by atoms with Crippen molar-refractivity contribution in [3.8, 4) is 0 Å². The second-order valence-corrected chi connectivity index (χ2v) is 15.6. The highest BCUT2D eigenvalue weighted by atomic mass is 16.9. The summed E-state index contributed by atoms with van der Waals surface area (Å²) in [4.78, 5) is 0. The van der Waals surface area contributed by atoms with Crippen molar-refractivity contribution in [3.63, 3.8) is 0 Å². The Morgan fingerprint density at radius 2 is 0.857 bits per heavy atom. The third kappa shape index (κ3) is 9.48. The molecule has 0 radical (unpaired) electrons. The molecule has 0 aliphatic carbocycles. The van der Waals surface area contributed by atoms with Gasteiger partial charge < -0.3 is 77.7 Å². The van der Waals surface area contributed by atoms with E-state index < -0.39 is 60.1 Å². The van der Waals surface area contributed by atoms with Crippen LogP contribution in [0.1, 0.15) is 61.8 Å². The molecular formula is C33H58N2O14. The van der Waals surface area contributed by atoms with Crippen LogP contribution in [0.25, 0.3) is 0 Å². The van der Waals surface area contributed by atoms with E-state index in [2.05, 4.69) is 10.6 Å². The summed E-state index contributed by atoms with van der Waals surface area (Å²) in [7, 11) is 0. The summed E-state index contributed by atoms with van der Waals surface area (Å²) < 4.78 is 72.4. The summed E-state index contributed by atoms with van der Waals surface area (Å²) in [6.45, 7) is 17.7. The molecule has 16 heteroatoms. The first kappa shape index (κ1) is 38.1. The van der Waals surface area contributed by atoms with Gasteiger partial charge in [0.25, 0.3) is 0 Å². The first-order valence-electron chi connectivity index (χ1n) is 17.7. The molecule has 0 aromatic heterocycles. The Morgan fingerprint density at radius 3 is 1.27 bits per heavy atom. The van der Waals surface area contributed by atoms with Gasteiger partial charge in [-0.2, -0.15) is 0 Å². The molecule has 6 fully saturated rings. The molecule has 0 spiro atoms. The molecule has 284 valence electrons. The van der Waals surface area contributed by atoms with Crippen LogP contribution in [0.15, 0.2) is 0 Å². The maximum absolute atomic E-state index is 10.4. The lowest BCUT2D eigenvalue weighted by Crippen LogP contribution is -2.56. The zero-order valence-electron chi connectivity index (χ0n) is 30.1. The fourth-order valence-corrected chi connectivity index (χ4v) is 7.29. The van der Waals surface area contributed by atoms with Crippen LogP contribution >= 0.6 is 0 Å². The van der Waals surface area contributed by atoms with Crippen molar-refractivity contribution in [2.45, 2.75) is 159 Å². The summed E-state index contributed by atoms with van der Waals surface area (Å²) in [5.74, 6) is -3.11. The average Bonchev–Trinajstić information content (AvgIpc) is 3.69. The third-order valence-electron chi connectivity index (χ3n) is 9.15. The van der Waals surface area contributed by atoms with Gasteiger partial charge in [-0.25, -0.2) is 0 Å². The first-order valence-corrected chi connectivity index (χ1v) is 17.7. The molecule has 0 bridgehead atoms. The molecule has 4 unspecified atom stereocenters. The number of fused-ring (bicyclic) bond motifs is 6. The number of ether oxygens (including phenoxy) is 12. The molecule has 12 atom stereocenters. The normalized spacial score (nSPS) is 40.8. The van der Waals surface area contributed by atoms with Crippen LogP contribution < -0.4 is 10.6 Å². The lowest BCUT2D eigenvalue weighted by Gasteiger charge is -2.37. The largest absolute Gasteiger partial charge is 0.389 e. The van der Waals surface area contributed by atoms with Crippen LogP contribution in [0.4, 0.5) is 0 Å². The second-order valence-electron chi connectivity index (χ2n) is 15.6. The number of hydrogen-bond donors (Lipinski definition) is 4. The van der Waals surface area contributed by atoms with Crippen LogP contribution in [-0.4, -0.2) is 160 Å². The van der Waals surface area contributed by atoms with E-state index in [1.807, 2.05) is 55.4 Å². The van der Waals surface area contributed by atoms with E-state index in [0.717, 1.165) is 6.42 Å². The maximum Gasteiger partial charge on any atom is 0.190 e. The third-order valence-corrected chi connectivity index (χ3v) is 9.15. The lowest BCUT2D eigenvalue weighted by atomic mass is 9.99. The van der Waals surface area contributed by atoms with E-state index in [0.29, 0.717) is 26.2 Å². The van der Waals surface area contributed by atoms with Crippen molar-refractivity contribution in [1.82, 2.24) is 10.6 Å². The fourth-order valence-electron chi connectivity index (χ4n) is 7.29. The standard InChI is InChI=1S/C33H58N2O14/c1-30(2)42-22-20(40-28-26(24(22)44-30)46-32(5,6)48-28)16-38-14-18(36)12-34-10-9-11-35-13-19(37)15-39-17-21-23-25(45-31(3,4)43-23)27-29(41-21)49-33(7,8)47-27/h18-29,34-37H,9-17H2,1-8H3/t18?,19?,20?,21?,22-,23+,24-,25+,26+,27-,28+,29-. The van der Waals surface area contributed by atoms with Gasteiger partial charge in [-0.1, -0.05) is 0 Å². The number of aliphatic hydroxyl groups is 2. The Bertz CT molecular complexity index is 1010. The Hall–Kier alpha value is -0.640. The van der Waals surface area contributed by atoms with Gasteiger partial charge in [0.05, 0.1) is 38.6 Å². The van der Waals surface area contributed by atoms with Crippen LogP contribution in [0.2, 0.25) is 0 Å². The molecule has 6 aliphatic rings. The van der Waals surface area contributed by atoms with E-state index in [1.165, 1.54) is 0 Å². The SMILES string of the molecule is CC1(C)O[C@@H]2OC(COCC(O)CNCCCNCC(O)COCC3O[C@@H]4OC(C)(C)O[C@@H]4[C@H]4OC(C)(C)O[C@@H]34)[C@H]3OC(C)(C)O[C@H]3[C@@H]2O1. The van der Waals surface area contributed by atoms with Crippen LogP contribution in [0.3, 0.4) is 0 Å². The van der Waals surface area contributed by atoms with E-state index in [-0.39, 0.29) is 63.1 Å². The Labute approximate surface area is 288 Å². The Balaban J connectivity index is 0.804. The molecule has 6 heterocycles. The molecule has 0 aromatic carbocycles. The predicted molar refractivity (Wildman–Crippen MR) is 169 cm³/mol. The summed E-state index contributed by atoms with van der Waals surface area (Å²) in [6, 6.07) is 0.